The molecule has 0 aliphatic heterocycles. The van der Waals surface area contributed by atoms with E-state index in [4.69, 9.17) is 0 Å². The molecule has 25 heavy (non-hydrogen) atoms. The molecule has 0 radical (unpaired) electrons. The van der Waals surface area contributed by atoms with E-state index in [9.17, 15) is 18.0 Å². The minimum absolute atomic E-state index is 0.274. The van der Waals surface area contributed by atoms with Crippen LogP contribution in [0.15, 0.2) is 48.7 Å². The van der Waals surface area contributed by atoms with E-state index in [0.717, 1.165) is 16.5 Å². The van der Waals surface area contributed by atoms with Gasteiger partial charge in [0.2, 0.25) is 0 Å². The topological polar surface area (TPSA) is 53.3 Å². The van der Waals surface area contributed by atoms with E-state index in [0.29, 0.717) is 12.1 Å². The number of nitrogens with zero attached hydrogens (tertiary/aromatic N) is 2. The lowest BCUT2D eigenvalue weighted by Crippen LogP contribution is -2.17. The van der Waals surface area contributed by atoms with Gasteiger partial charge in [0, 0.05) is 5.39 Å². The molecule has 1 heterocycles. The van der Waals surface area contributed by atoms with E-state index >= 15 is 0 Å². The second-order valence-electron chi connectivity index (χ2n) is 5.26. The van der Waals surface area contributed by atoms with Crippen molar-refractivity contribution in [1.29, 1.82) is 0 Å². The van der Waals surface area contributed by atoms with Gasteiger partial charge in [-0.1, -0.05) is 12.1 Å². The Morgan fingerprint density at radius 2 is 1.88 bits per heavy atom. The number of aromatic nitrogens is 2. The number of halogens is 3. The van der Waals surface area contributed by atoms with Crippen molar-refractivity contribution in [1.82, 2.24) is 9.78 Å². The standard InChI is InChI=1S/C17H13F3N2O3/c1-24-16(23)12-4-7-15-13(8-12)9-21-22(15)10-11-2-5-14(6-3-11)25-17(18,19)20/h2-9H,10H2,1H3. The van der Waals surface area contributed by atoms with E-state index in [-0.39, 0.29) is 5.75 Å². The molecule has 0 aliphatic rings. The van der Waals surface area contributed by atoms with Gasteiger partial charge in [0.15, 0.2) is 0 Å². The lowest BCUT2D eigenvalue weighted by Gasteiger charge is -2.09. The molecular weight excluding hydrogens is 337 g/mol. The maximum Gasteiger partial charge on any atom is 0.573 e. The predicted molar refractivity (Wildman–Crippen MR) is 83.3 cm³/mol. The molecule has 0 fully saturated rings. The first-order valence-electron chi connectivity index (χ1n) is 7.24. The monoisotopic (exact) mass is 350 g/mol. The summed E-state index contributed by atoms with van der Waals surface area (Å²) in [5.41, 5.74) is 1.98. The zero-order valence-corrected chi connectivity index (χ0v) is 13.1. The van der Waals surface area contributed by atoms with Crippen molar-refractivity contribution in [3.63, 3.8) is 0 Å². The fourth-order valence-corrected chi connectivity index (χ4v) is 2.43. The van der Waals surface area contributed by atoms with Crippen LogP contribution in [0.5, 0.6) is 5.75 Å². The Labute approximate surface area is 140 Å². The van der Waals surface area contributed by atoms with Gasteiger partial charge >= 0.3 is 12.3 Å². The van der Waals surface area contributed by atoms with Crippen molar-refractivity contribution in [3.8, 4) is 5.75 Å². The highest BCUT2D eigenvalue weighted by Crippen LogP contribution is 2.23. The minimum atomic E-state index is -4.71. The highest BCUT2D eigenvalue weighted by molar-refractivity contribution is 5.94. The van der Waals surface area contributed by atoms with Crippen molar-refractivity contribution in [2.24, 2.45) is 0 Å². The van der Waals surface area contributed by atoms with E-state index in [2.05, 4.69) is 14.6 Å². The summed E-state index contributed by atoms with van der Waals surface area (Å²) in [5, 5.41) is 5.02. The molecule has 0 atom stereocenters. The second-order valence-corrected chi connectivity index (χ2v) is 5.26. The van der Waals surface area contributed by atoms with Crippen molar-refractivity contribution in [2.75, 3.05) is 7.11 Å². The minimum Gasteiger partial charge on any atom is -0.465 e. The lowest BCUT2D eigenvalue weighted by atomic mass is 10.1. The van der Waals surface area contributed by atoms with E-state index in [1.54, 1.807) is 29.1 Å². The number of carbonyl (C=O) groups excluding carboxylic acids is 1. The lowest BCUT2D eigenvalue weighted by molar-refractivity contribution is -0.274. The van der Waals surface area contributed by atoms with Crippen LogP contribution >= 0.6 is 0 Å². The number of esters is 1. The van der Waals surface area contributed by atoms with Gasteiger partial charge in [0.05, 0.1) is 30.9 Å². The molecule has 3 aromatic rings. The molecule has 0 saturated carbocycles. The van der Waals surface area contributed by atoms with Crippen LogP contribution in [0.2, 0.25) is 0 Å². The van der Waals surface area contributed by atoms with Crippen molar-refractivity contribution >= 4 is 16.9 Å². The van der Waals surface area contributed by atoms with Gasteiger partial charge in [-0.3, -0.25) is 4.68 Å². The largest absolute Gasteiger partial charge is 0.573 e. The molecule has 0 saturated heterocycles. The van der Waals surface area contributed by atoms with Crippen LogP contribution in [-0.2, 0) is 11.3 Å². The zero-order chi connectivity index (χ0) is 18.0. The van der Waals surface area contributed by atoms with Gasteiger partial charge in [-0.05, 0) is 35.9 Å². The number of alkyl halides is 3. The molecule has 0 spiro atoms. The van der Waals surface area contributed by atoms with E-state index in [1.165, 1.54) is 31.4 Å². The number of hydrogen-bond donors (Lipinski definition) is 0. The Kier molecular flexibility index (Phi) is 4.35. The van der Waals surface area contributed by atoms with Gasteiger partial charge in [0.25, 0.3) is 0 Å². The van der Waals surface area contributed by atoms with Crippen molar-refractivity contribution < 1.29 is 27.4 Å². The highest BCUT2D eigenvalue weighted by Gasteiger charge is 2.30. The van der Waals surface area contributed by atoms with Gasteiger partial charge in [-0.25, -0.2) is 4.79 Å². The van der Waals surface area contributed by atoms with Crippen LogP contribution in [0.3, 0.4) is 0 Å². The Morgan fingerprint density at radius 1 is 1.16 bits per heavy atom. The molecule has 0 unspecified atom stereocenters. The first kappa shape index (κ1) is 16.8. The van der Waals surface area contributed by atoms with Crippen molar-refractivity contribution in [3.05, 3.63) is 59.8 Å². The first-order chi connectivity index (χ1) is 11.9. The average molecular weight is 350 g/mol. The van der Waals surface area contributed by atoms with Crippen LogP contribution in [0, 0.1) is 0 Å². The Bertz CT molecular complexity index is 902. The summed E-state index contributed by atoms with van der Waals surface area (Å²) in [6, 6.07) is 10.6. The van der Waals surface area contributed by atoms with Crippen LogP contribution < -0.4 is 4.74 Å². The number of methoxy groups -OCH3 is 1. The second kappa shape index (κ2) is 6.46. The summed E-state index contributed by atoms with van der Waals surface area (Å²) < 4.78 is 46.7. The Morgan fingerprint density at radius 3 is 2.52 bits per heavy atom. The Hall–Kier alpha value is -3.03. The smallest absolute Gasteiger partial charge is 0.465 e. The van der Waals surface area contributed by atoms with Crippen LogP contribution in [0.25, 0.3) is 10.9 Å². The van der Waals surface area contributed by atoms with E-state index < -0.39 is 12.3 Å². The molecule has 0 aliphatic carbocycles. The first-order valence-corrected chi connectivity index (χ1v) is 7.24. The van der Waals surface area contributed by atoms with Gasteiger partial charge in [-0.15, -0.1) is 13.2 Å². The average Bonchev–Trinajstić information content (AvgIpc) is 2.97. The molecule has 3 rings (SSSR count). The quantitative estimate of drug-likeness (QED) is 0.672. The van der Waals surface area contributed by atoms with E-state index in [1.807, 2.05) is 0 Å². The summed E-state index contributed by atoms with van der Waals surface area (Å²) in [6.07, 6.45) is -3.10. The summed E-state index contributed by atoms with van der Waals surface area (Å²) in [5.74, 6) is -0.709. The van der Waals surface area contributed by atoms with Crippen LogP contribution in [-0.4, -0.2) is 29.2 Å². The van der Waals surface area contributed by atoms with Crippen LogP contribution in [0.1, 0.15) is 15.9 Å². The maximum absolute atomic E-state index is 12.2. The van der Waals surface area contributed by atoms with Gasteiger partial charge in [-0.2, -0.15) is 5.10 Å². The van der Waals surface area contributed by atoms with Gasteiger partial charge < -0.3 is 9.47 Å². The summed E-state index contributed by atoms with van der Waals surface area (Å²) in [4.78, 5) is 11.5. The third-order valence-electron chi connectivity index (χ3n) is 3.55. The number of ether oxygens (including phenoxy) is 2. The predicted octanol–water partition coefficient (Wildman–Crippen LogP) is 3.77. The number of hydrogen-bond acceptors (Lipinski definition) is 4. The zero-order valence-electron chi connectivity index (χ0n) is 13.1. The maximum atomic E-state index is 12.2. The number of benzene rings is 2. The SMILES string of the molecule is COC(=O)c1ccc2c(cnn2Cc2ccc(OC(F)(F)F)cc2)c1. The fraction of sp³-hybridized carbons (Fsp3) is 0.176. The summed E-state index contributed by atoms with van der Waals surface area (Å²) >= 11 is 0. The third-order valence-corrected chi connectivity index (χ3v) is 3.55. The molecule has 1 aromatic heterocycles. The number of rotatable bonds is 4. The molecule has 0 amide bonds. The number of fused-ring (bicyclic) bond motifs is 1. The molecule has 0 bridgehead atoms. The molecule has 5 nitrogen and oxygen atoms in total. The molecule has 0 N–H and O–H groups in total. The fourth-order valence-electron chi connectivity index (χ4n) is 2.43. The normalized spacial score (nSPS) is 11.5. The summed E-state index contributed by atoms with van der Waals surface area (Å²) in [6.45, 7) is 0.368. The molecule has 8 heteroatoms. The summed E-state index contributed by atoms with van der Waals surface area (Å²) in [7, 11) is 1.31. The van der Waals surface area contributed by atoms with Crippen LogP contribution in [0.4, 0.5) is 13.2 Å². The third kappa shape index (κ3) is 3.90. The molecule has 130 valence electrons. The highest BCUT2D eigenvalue weighted by atomic mass is 19.4. The molecular formula is C17H13F3N2O3. The van der Waals surface area contributed by atoms with Gasteiger partial charge in [0.1, 0.15) is 5.75 Å². The Balaban J connectivity index is 1.80. The number of carbonyl (C=O) groups is 1. The molecule has 2 aromatic carbocycles. The van der Waals surface area contributed by atoms with Crippen molar-refractivity contribution in [2.45, 2.75) is 12.9 Å².